The minimum Gasteiger partial charge on any atom is -0.341 e. The predicted molar refractivity (Wildman–Crippen MR) is 106 cm³/mol. The zero-order valence-corrected chi connectivity index (χ0v) is 18.0. The standard InChI is InChI=1S/C20H30N4O6/c1-14(25)15-10-23(11-15)19(29)9-20(2,3)12-30-22(4)13-21-16(26)7-8-24-17(27)5-6-18(24)28/h5-6,15H,7-13H2,1-4H3,(H,21,26). The molecule has 2 aliphatic heterocycles. The molecule has 1 N–H and O–H groups in total. The van der Waals surface area contributed by atoms with Crippen molar-refractivity contribution in [1.29, 1.82) is 0 Å². The average molecular weight is 422 g/mol. The van der Waals surface area contributed by atoms with Crippen molar-refractivity contribution in [3.63, 3.8) is 0 Å². The lowest BCUT2D eigenvalue weighted by molar-refractivity contribution is -0.173. The molecule has 2 aliphatic rings. The van der Waals surface area contributed by atoms with Gasteiger partial charge in [0.1, 0.15) is 5.78 Å². The molecule has 1 saturated heterocycles. The molecule has 0 bridgehead atoms. The zero-order valence-electron chi connectivity index (χ0n) is 18.0. The number of hydrogen-bond donors (Lipinski definition) is 1. The van der Waals surface area contributed by atoms with Gasteiger partial charge in [-0.05, 0) is 12.3 Å². The highest BCUT2D eigenvalue weighted by atomic mass is 16.7. The molecule has 166 valence electrons. The molecule has 0 saturated carbocycles. The first-order valence-electron chi connectivity index (χ1n) is 9.91. The van der Waals surface area contributed by atoms with Crippen LogP contribution in [0.25, 0.3) is 0 Å². The highest BCUT2D eigenvalue weighted by Gasteiger charge is 2.35. The second kappa shape index (κ2) is 9.94. The van der Waals surface area contributed by atoms with Gasteiger partial charge in [0.15, 0.2) is 0 Å². The summed E-state index contributed by atoms with van der Waals surface area (Å²) in [7, 11) is 1.66. The number of nitrogens with one attached hydrogen (secondary N) is 1. The maximum absolute atomic E-state index is 12.3. The maximum Gasteiger partial charge on any atom is 0.253 e. The van der Waals surface area contributed by atoms with E-state index in [-0.39, 0.29) is 49.8 Å². The molecule has 0 radical (unpaired) electrons. The predicted octanol–water partition coefficient (Wildman–Crippen LogP) is -0.298. The van der Waals surface area contributed by atoms with Crippen LogP contribution < -0.4 is 5.32 Å². The lowest BCUT2D eigenvalue weighted by atomic mass is 9.88. The summed E-state index contributed by atoms with van der Waals surface area (Å²) in [6.07, 6.45) is 2.66. The Hall–Kier alpha value is -2.59. The lowest BCUT2D eigenvalue weighted by Gasteiger charge is -2.39. The van der Waals surface area contributed by atoms with Gasteiger partial charge < -0.3 is 10.2 Å². The van der Waals surface area contributed by atoms with Crippen LogP contribution in [0.1, 0.15) is 33.6 Å². The first-order valence-corrected chi connectivity index (χ1v) is 9.91. The molecule has 10 heteroatoms. The van der Waals surface area contributed by atoms with Crippen LogP contribution in [-0.4, -0.2) is 84.2 Å². The van der Waals surface area contributed by atoms with Gasteiger partial charge in [0.05, 0.1) is 19.2 Å². The van der Waals surface area contributed by atoms with E-state index in [1.165, 1.54) is 17.2 Å². The molecule has 0 aromatic heterocycles. The summed E-state index contributed by atoms with van der Waals surface area (Å²) in [6.45, 7) is 6.77. The van der Waals surface area contributed by atoms with E-state index in [2.05, 4.69) is 5.32 Å². The van der Waals surface area contributed by atoms with Crippen molar-refractivity contribution in [2.75, 3.05) is 40.0 Å². The largest absolute Gasteiger partial charge is 0.341 e. The second-order valence-electron chi connectivity index (χ2n) is 8.52. The Balaban J connectivity index is 1.62. The van der Waals surface area contributed by atoms with E-state index in [0.717, 1.165) is 4.90 Å². The van der Waals surface area contributed by atoms with Crippen molar-refractivity contribution in [2.45, 2.75) is 33.6 Å². The number of carbonyl (C=O) groups is 5. The third-order valence-electron chi connectivity index (χ3n) is 5.08. The molecule has 0 atom stereocenters. The molecule has 0 aliphatic carbocycles. The number of imide groups is 1. The molecule has 0 aromatic carbocycles. The third-order valence-corrected chi connectivity index (χ3v) is 5.08. The maximum atomic E-state index is 12.3. The Morgan fingerprint density at radius 2 is 1.80 bits per heavy atom. The van der Waals surface area contributed by atoms with E-state index in [0.29, 0.717) is 19.5 Å². The highest BCUT2D eigenvalue weighted by Crippen LogP contribution is 2.25. The highest BCUT2D eigenvalue weighted by molar-refractivity contribution is 6.13. The Morgan fingerprint density at radius 3 is 2.37 bits per heavy atom. The molecular formula is C20H30N4O6. The van der Waals surface area contributed by atoms with Crippen molar-refractivity contribution in [3.05, 3.63) is 12.2 Å². The second-order valence-corrected chi connectivity index (χ2v) is 8.52. The van der Waals surface area contributed by atoms with E-state index < -0.39 is 17.2 Å². The molecular weight excluding hydrogens is 392 g/mol. The number of Topliss-reactive ketones (excluding diaryl/α,β-unsaturated/α-hetero) is 1. The summed E-state index contributed by atoms with van der Waals surface area (Å²) >= 11 is 0. The number of rotatable bonds is 11. The minimum atomic E-state index is -0.417. The summed E-state index contributed by atoms with van der Waals surface area (Å²) in [6, 6.07) is 0. The molecule has 30 heavy (non-hydrogen) atoms. The van der Waals surface area contributed by atoms with Crippen molar-refractivity contribution in [1.82, 2.24) is 20.2 Å². The van der Waals surface area contributed by atoms with Crippen LogP contribution in [0.3, 0.4) is 0 Å². The molecule has 1 fully saturated rings. The van der Waals surface area contributed by atoms with E-state index >= 15 is 0 Å². The van der Waals surface area contributed by atoms with Crippen molar-refractivity contribution in [3.8, 4) is 0 Å². The van der Waals surface area contributed by atoms with Gasteiger partial charge in [-0.15, -0.1) is 0 Å². The zero-order chi connectivity index (χ0) is 22.5. The number of carbonyl (C=O) groups excluding carboxylic acids is 5. The third kappa shape index (κ3) is 6.74. The number of ketones is 1. The van der Waals surface area contributed by atoms with Gasteiger partial charge in [-0.3, -0.25) is 33.7 Å². The Bertz CT molecular complexity index is 724. The molecule has 0 unspecified atom stereocenters. The molecule has 10 nitrogen and oxygen atoms in total. The number of amides is 4. The van der Waals surface area contributed by atoms with Crippen molar-refractivity contribution < 1.29 is 28.8 Å². The average Bonchev–Trinajstić information content (AvgIpc) is 2.92. The van der Waals surface area contributed by atoms with Gasteiger partial charge in [0.2, 0.25) is 11.8 Å². The normalized spacial score (nSPS) is 17.0. The lowest BCUT2D eigenvalue weighted by Crippen LogP contribution is -2.53. The summed E-state index contributed by atoms with van der Waals surface area (Å²) in [5, 5.41) is 4.10. The summed E-state index contributed by atoms with van der Waals surface area (Å²) in [5.41, 5.74) is -0.417. The van der Waals surface area contributed by atoms with E-state index in [4.69, 9.17) is 4.84 Å². The fourth-order valence-electron chi connectivity index (χ4n) is 2.99. The van der Waals surface area contributed by atoms with E-state index in [9.17, 15) is 24.0 Å². The SMILES string of the molecule is CC(=O)C1CN(C(=O)CC(C)(C)CON(C)CNC(=O)CCN2C(=O)C=CC2=O)C1. The van der Waals surface area contributed by atoms with Gasteiger partial charge in [0, 0.05) is 51.7 Å². The van der Waals surface area contributed by atoms with E-state index in [1.807, 2.05) is 13.8 Å². The molecule has 0 spiro atoms. The quantitative estimate of drug-likeness (QED) is 0.276. The first kappa shape index (κ1) is 23.7. The van der Waals surface area contributed by atoms with Gasteiger partial charge in [-0.25, -0.2) is 0 Å². The molecule has 2 rings (SSSR count). The molecule has 2 heterocycles. The topological polar surface area (TPSA) is 116 Å². The minimum absolute atomic E-state index is 0.00227. The van der Waals surface area contributed by atoms with Gasteiger partial charge in [-0.2, -0.15) is 5.06 Å². The van der Waals surface area contributed by atoms with Crippen LogP contribution in [0.2, 0.25) is 0 Å². The van der Waals surface area contributed by atoms with Crippen molar-refractivity contribution in [2.24, 2.45) is 11.3 Å². The number of nitrogens with zero attached hydrogens (tertiary/aromatic N) is 3. The number of likely N-dealkylation sites (tertiary alicyclic amines) is 1. The van der Waals surface area contributed by atoms with Crippen molar-refractivity contribution >= 4 is 29.4 Å². The fourth-order valence-corrected chi connectivity index (χ4v) is 2.99. The van der Waals surface area contributed by atoms with Crippen LogP contribution in [-0.2, 0) is 28.8 Å². The van der Waals surface area contributed by atoms with Gasteiger partial charge in [-0.1, -0.05) is 13.8 Å². The fraction of sp³-hybridized carbons (Fsp3) is 0.650. The van der Waals surface area contributed by atoms with Crippen LogP contribution in [0.5, 0.6) is 0 Å². The van der Waals surface area contributed by atoms with Gasteiger partial charge >= 0.3 is 0 Å². The summed E-state index contributed by atoms with van der Waals surface area (Å²) < 4.78 is 0. The summed E-state index contributed by atoms with van der Waals surface area (Å²) in [4.78, 5) is 66.7. The van der Waals surface area contributed by atoms with E-state index in [1.54, 1.807) is 18.9 Å². The number of hydroxylamine groups is 2. The Morgan fingerprint density at radius 1 is 1.20 bits per heavy atom. The monoisotopic (exact) mass is 422 g/mol. The Kier molecular flexibility index (Phi) is 7.85. The number of hydrogen-bond acceptors (Lipinski definition) is 7. The van der Waals surface area contributed by atoms with Crippen LogP contribution in [0.15, 0.2) is 12.2 Å². The van der Waals surface area contributed by atoms with Crippen LogP contribution in [0.4, 0.5) is 0 Å². The molecule has 4 amide bonds. The summed E-state index contributed by atoms with van der Waals surface area (Å²) in [5.74, 6) is -1.08. The Labute approximate surface area is 176 Å². The van der Waals surface area contributed by atoms with Crippen LogP contribution >= 0.6 is 0 Å². The van der Waals surface area contributed by atoms with Gasteiger partial charge in [0.25, 0.3) is 11.8 Å². The smallest absolute Gasteiger partial charge is 0.253 e. The first-order chi connectivity index (χ1) is 14.0. The van der Waals surface area contributed by atoms with Crippen LogP contribution in [0, 0.1) is 11.3 Å². The molecule has 0 aromatic rings.